The third-order valence-electron chi connectivity index (χ3n) is 3.73. The number of carbonyl (C=O) groups excluding carboxylic acids is 2. The predicted octanol–water partition coefficient (Wildman–Crippen LogP) is 3.21. The van der Waals surface area contributed by atoms with Crippen molar-refractivity contribution in [1.82, 2.24) is 10.7 Å². The highest BCUT2D eigenvalue weighted by Crippen LogP contribution is 2.33. The standard InChI is InChI=1S/C17H12Cl2N4O2/c18-11-3-1-10(2-4-11)14(8-20)13-6-5-12(7-15(13)19)23-17(25)21-9-16(24)22-23/h1-7,14H,9H2,(H,21,25)(H,22,24). The van der Waals surface area contributed by atoms with E-state index in [9.17, 15) is 14.9 Å². The molecule has 1 aliphatic rings. The summed E-state index contributed by atoms with van der Waals surface area (Å²) in [7, 11) is 0. The molecule has 0 radical (unpaired) electrons. The van der Waals surface area contributed by atoms with Crippen molar-refractivity contribution in [2.45, 2.75) is 5.92 Å². The van der Waals surface area contributed by atoms with Crippen LogP contribution in [0.25, 0.3) is 0 Å². The lowest BCUT2D eigenvalue weighted by atomic mass is 9.92. The number of hydrogen-bond donors (Lipinski definition) is 2. The number of carbonyl (C=O) groups is 2. The molecule has 3 rings (SSSR count). The fraction of sp³-hybridized carbons (Fsp3) is 0.118. The van der Waals surface area contributed by atoms with Gasteiger partial charge in [0.2, 0.25) is 0 Å². The SMILES string of the molecule is N#CC(c1ccc(Cl)cc1)c1ccc(N2NC(=O)CNC2=O)cc1Cl. The number of hydrazine groups is 1. The Labute approximate surface area is 153 Å². The van der Waals surface area contributed by atoms with Gasteiger partial charge < -0.3 is 5.32 Å². The molecule has 6 nitrogen and oxygen atoms in total. The molecule has 0 bridgehead atoms. The maximum atomic E-state index is 11.9. The zero-order valence-corrected chi connectivity index (χ0v) is 14.3. The molecule has 0 aliphatic carbocycles. The van der Waals surface area contributed by atoms with E-state index in [1.807, 2.05) is 0 Å². The highest BCUT2D eigenvalue weighted by Gasteiger charge is 2.25. The molecular weight excluding hydrogens is 363 g/mol. The minimum absolute atomic E-state index is 0.0752. The Balaban J connectivity index is 1.93. The van der Waals surface area contributed by atoms with Gasteiger partial charge in [0.15, 0.2) is 0 Å². The highest BCUT2D eigenvalue weighted by molar-refractivity contribution is 6.32. The van der Waals surface area contributed by atoms with Crippen LogP contribution in [0.5, 0.6) is 0 Å². The molecule has 2 aromatic carbocycles. The summed E-state index contributed by atoms with van der Waals surface area (Å²) in [4.78, 5) is 23.3. The van der Waals surface area contributed by atoms with Crippen LogP contribution in [0.15, 0.2) is 42.5 Å². The molecule has 1 fully saturated rings. The lowest BCUT2D eigenvalue weighted by molar-refractivity contribution is -0.120. The molecule has 0 aromatic heterocycles. The second kappa shape index (κ2) is 7.01. The zero-order valence-electron chi connectivity index (χ0n) is 12.8. The number of rotatable bonds is 3. The molecule has 1 aliphatic heterocycles. The topological polar surface area (TPSA) is 85.2 Å². The van der Waals surface area contributed by atoms with Gasteiger partial charge in [-0.25, -0.2) is 9.80 Å². The molecule has 1 saturated heterocycles. The summed E-state index contributed by atoms with van der Waals surface area (Å²) in [6.45, 7) is -0.0752. The number of hydrogen-bond acceptors (Lipinski definition) is 3. The van der Waals surface area contributed by atoms with E-state index >= 15 is 0 Å². The highest BCUT2D eigenvalue weighted by atomic mass is 35.5. The Kier molecular flexibility index (Phi) is 4.79. The zero-order chi connectivity index (χ0) is 18.0. The van der Waals surface area contributed by atoms with Gasteiger partial charge in [-0.15, -0.1) is 0 Å². The molecule has 2 N–H and O–H groups in total. The Hall–Kier alpha value is -2.75. The van der Waals surface area contributed by atoms with Gasteiger partial charge in [0.25, 0.3) is 5.91 Å². The summed E-state index contributed by atoms with van der Waals surface area (Å²) in [6, 6.07) is 13.5. The molecule has 1 unspecified atom stereocenters. The van der Waals surface area contributed by atoms with Crippen LogP contribution in [0.2, 0.25) is 10.0 Å². The first-order valence-corrected chi connectivity index (χ1v) is 8.07. The third-order valence-corrected chi connectivity index (χ3v) is 4.30. The molecule has 25 heavy (non-hydrogen) atoms. The third kappa shape index (κ3) is 3.53. The lowest BCUT2D eigenvalue weighted by Crippen LogP contribution is -2.59. The first-order chi connectivity index (χ1) is 12.0. The molecule has 1 heterocycles. The van der Waals surface area contributed by atoms with Crippen molar-refractivity contribution < 1.29 is 9.59 Å². The van der Waals surface area contributed by atoms with Gasteiger partial charge in [-0.1, -0.05) is 41.4 Å². The fourth-order valence-electron chi connectivity index (χ4n) is 2.50. The van der Waals surface area contributed by atoms with Gasteiger partial charge in [-0.3, -0.25) is 10.2 Å². The van der Waals surface area contributed by atoms with E-state index in [0.717, 1.165) is 10.6 Å². The summed E-state index contributed by atoms with van der Waals surface area (Å²) < 4.78 is 0. The quantitative estimate of drug-likeness (QED) is 0.864. The van der Waals surface area contributed by atoms with Crippen LogP contribution in [-0.2, 0) is 4.79 Å². The lowest BCUT2D eigenvalue weighted by Gasteiger charge is -2.28. The molecule has 8 heteroatoms. The first kappa shape index (κ1) is 17.1. The van der Waals surface area contributed by atoms with Crippen LogP contribution >= 0.6 is 23.2 Å². The molecule has 3 amide bonds. The van der Waals surface area contributed by atoms with Crippen LogP contribution in [0, 0.1) is 11.3 Å². The van der Waals surface area contributed by atoms with Crippen molar-refractivity contribution in [3.63, 3.8) is 0 Å². The summed E-state index contributed by atoms with van der Waals surface area (Å²) in [5.41, 5.74) is 4.20. The van der Waals surface area contributed by atoms with Gasteiger partial charge in [0, 0.05) is 10.0 Å². The Morgan fingerprint density at radius 3 is 2.48 bits per heavy atom. The number of urea groups is 1. The van der Waals surface area contributed by atoms with Gasteiger partial charge in [0.1, 0.15) is 6.54 Å². The van der Waals surface area contributed by atoms with Crippen LogP contribution < -0.4 is 15.8 Å². The number of nitriles is 1. The van der Waals surface area contributed by atoms with Crippen molar-refractivity contribution in [1.29, 1.82) is 5.26 Å². The monoisotopic (exact) mass is 374 g/mol. The summed E-state index contributed by atoms with van der Waals surface area (Å²) in [6.07, 6.45) is 0. The number of amides is 3. The predicted molar refractivity (Wildman–Crippen MR) is 94.4 cm³/mol. The van der Waals surface area contributed by atoms with Crippen LogP contribution in [-0.4, -0.2) is 18.5 Å². The maximum Gasteiger partial charge on any atom is 0.341 e. The minimum Gasteiger partial charge on any atom is -0.327 e. The number of benzene rings is 2. The summed E-state index contributed by atoms with van der Waals surface area (Å²) in [5.74, 6) is -0.917. The smallest absolute Gasteiger partial charge is 0.327 e. The van der Waals surface area contributed by atoms with E-state index in [1.165, 1.54) is 6.07 Å². The van der Waals surface area contributed by atoms with Crippen molar-refractivity contribution in [2.75, 3.05) is 11.6 Å². The van der Waals surface area contributed by atoms with E-state index in [2.05, 4.69) is 16.8 Å². The van der Waals surface area contributed by atoms with Crippen molar-refractivity contribution >= 4 is 40.8 Å². The Morgan fingerprint density at radius 2 is 1.84 bits per heavy atom. The Bertz CT molecular complexity index is 877. The second-order valence-corrected chi connectivity index (χ2v) is 6.19. The summed E-state index contributed by atoms with van der Waals surface area (Å²) >= 11 is 12.2. The number of anilines is 1. The molecule has 0 spiro atoms. The van der Waals surface area contributed by atoms with E-state index in [0.29, 0.717) is 21.3 Å². The molecular formula is C17H12Cl2N4O2. The van der Waals surface area contributed by atoms with E-state index in [4.69, 9.17) is 23.2 Å². The number of nitrogens with one attached hydrogen (secondary N) is 2. The molecule has 126 valence electrons. The second-order valence-electron chi connectivity index (χ2n) is 5.35. The molecule has 0 saturated carbocycles. The van der Waals surface area contributed by atoms with E-state index < -0.39 is 11.9 Å². The van der Waals surface area contributed by atoms with Crippen molar-refractivity contribution in [2.24, 2.45) is 0 Å². The maximum absolute atomic E-state index is 11.9. The van der Waals surface area contributed by atoms with Gasteiger partial charge in [0.05, 0.1) is 17.7 Å². The largest absolute Gasteiger partial charge is 0.341 e. The van der Waals surface area contributed by atoms with Crippen LogP contribution in [0.4, 0.5) is 10.5 Å². The van der Waals surface area contributed by atoms with Crippen LogP contribution in [0.3, 0.4) is 0 Å². The van der Waals surface area contributed by atoms with Crippen molar-refractivity contribution in [3.05, 3.63) is 63.6 Å². The Morgan fingerprint density at radius 1 is 1.12 bits per heavy atom. The first-order valence-electron chi connectivity index (χ1n) is 7.31. The fourth-order valence-corrected chi connectivity index (χ4v) is 2.91. The molecule has 2 aromatic rings. The van der Waals surface area contributed by atoms with Gasteiger partial charge >= 0.3 is 6.03 Å². The number of halogens is 2. The van der Waals surface area contributed by atoms with Crippen molar-refractivity contribution in [3.8, 4) is 6.07 Å². The van der Waals surface area contributed by atoms with E-state index in [1.54, 1.807) is 36.4 Å². The summed E-state index contributed by atoms with van der Waals surface area (Å²) in [5, 5.41) is 14.0. The normalized spacial score (nSPS) is 15.2. The number of nitrogens with zero attached hydrogens (tertiary/aromatic N) is 2. The van der Waals surface area contributed by atoms with E-state index in [-0.39, 0.29) is 12.5 Å². The minimum atomic E-state index is -0.580. The molecule has 1 atom stereocenters. The average molecular weight is 375 g/mol. The average Bonchev–Trinajstić information content (AvgIpc) is 2.60. The van der Waals surface area contributed by atoms with Gasteiger partial charge in [-0.05, 0) is 35.4 Å². The van der Waals surface area contributed by atoms with Crippen LogP contribution in [0.1, 0.15) is 17.0 Å². The van der Waals surface area contributed by atoms with Gasteiger partial charge in [-0.2, -0.15) is 5.26 Å².